The molecule has 11 heteroatoms. The fraction of sp³-hybridized carbons (Fsp3) is 0.857. The molecule has 0 atom stereocenters. The van der Waals surface area contributed by atoms with Gasteiger partial charge in [-0.1, -0.05) is 13.8 Å². The minimum Gasteiger partial charge on any atom is -0.410 e. The standard InChI is InChI=1S/2C7H15N3S2.Cu/c2*1-2-9-3-5-10(6-4-9)8-7(11)12;/h2*2-6H2,1H3,(H2,8,11,12);/q;;+2/p-2. The van der Waals surface area contributed by atoms with Crippen molar-refractivity contribution in [3.8, 4) is 0 Å². The molecule has 25 heavy (non-hydrogen) atoms. The second-order valence-corrected chi connectivity index (χ2v) is 7.79. The summed E-state index contributed by atoms with van der Waals surface area (Å²) >= 11 is 19.1. The van der Waals surface area contributed by atoms with Gasteiger partial charge in [-0.05, 0) is 21.7 Å². The molecule has 2 N–H and O–H groups in total. The Morgan fingerprint density at radius 3 is 1.20 bits per heavy atom. The zero-order valence-electron chi connectivity index (χ0n) is 14.8. The van der Waals surface area contributed by atoms with Crippen molar-refractivity contribution >= 4 is 58.3 Å². The number of nitrogens with zero attached hydrogens (tertiary/aromatic N) is 4. The van der Waals surface area contributed by atoms with Crippen LogP contribution in [0, 0.1) is 0 Å². The van der Waals surface area contributed by atoms with Gasteiger partial charge in [0.2, 0.25) is 0 Å². The molecule has 0 amide bonds. The molecule has 0 spiro atoms. The van der Waals surface area contributed by atoms with Gasteiger partial charge >= 0.3 is 17.1 Å². The van der Waals surface area contributed by atoms with Crippen molar-refractivity contribution < 1.29 is 17.1 Å². The summed E-state index contributed by atoms with van der Waals surface area (Å²) in [5.74, 6) is 0. The summed E-state index contributed by atoms with van der Waals surface area (Å²) in [6.07, 6.45) is 0. The number of likely N-dealkylation sites (N-methyl/N-ethyl adjacent to an activating group) is 2. The van der Waals surface area contributed by atoms with Crippen molar-refractivity contribution in [1.29, 1.82) is 0 Å². The molecular formula is C14H28CuN6S4. The number of rotatable bonds is 4. The molecule has 0 unspecified atom stereocenters. The Hall–Kier alpha value is 0.579. The van der Waals surface area contributed by atoms with Crippen LogP contribution in [0.25, 0.3) is 0 Å². The SMILES string of the molecule is CCN1CCN(NC(=S)[S-])CC1.CCN1CCN(NC(=S)[S-])CC1.[Cu+2]. The predicted octanol–water partition coefficient (Wildman–Crippen LogP) is -0.0819. The van der Waals surface area contributed by atoms with E-state index in [1.54, 1.807) is 0 Å². The summed E-state index contributed by atoms with van der Waals surface area (Å²) in [5.41, 5.74) is 5.96. The van der Waals surface area contributed by atoms with E-state index in [0.717, 1.165) is 65.4 Å². The number of piperazine rings is 2. The maximum Gasteiger partial charge on any atom is 2.00 e. The van der Waals surface area contributed by atoms with Crippen molar-refractivity contribution in [2.45, 2.75) is 13.8 Å². The van der Waals surface area contributed by atoms with Crippen molar-refractivity contribution in [1.82, 2.24) is 30.7 Å². The summed E-state index contributed by atoms with van der Waals surface area (Å²) in [4.78, 5) is 4.81. The van der Waals surface area contributed by atoms with E-state index >= 15 is 0 Å². The van der Waals surface area contributed by atoms with E-state index in [2.05, 4.69) is 44.5 Å². The topological polar surface area (TPSA) is 37.0 Å². The first kappa shape index (κ1) is 25.6. The molecule has 1 radical (unpaired) electrons. The molecule has 2 fully saturated rings. The van der Waals surface area contributed by atoms with Crippen LogP contribution in [0.3, 0.4) is 0 Å². The summed E-state index contributed by atoms with van der Waals surface area (Å²) in [6.45, 7) is 15.0. The van der Waals surface area contributed by atoms with E-state index in [4.69, 9.17) is 49.7 Å². The van der Waals surface area contributed by atoms with E-state index in [0.29, 0.717) is 8.64 Å². The molecule has 2 aliphatic heterocycles. The molecule has 2 saturated heterocycles. The molecule has 0 saturated carbocycles. The first-order valence-corrected chi connectivity index (χ1v) is 9.97. The normalized spacial score (nSPS) is 19.9. The molecule has 2 heterocycles. The molecule has 149 valence electrons. The Morgan fingerprint density at radius 2 is 1.00 bits per heavy atom. The van der Waals surface area contributed by atoms with Crippen LogP contribution < -0.4 is 10.9 Å². The second-order valence-electron chi connectivity index (χ2n) is 5.64. The van der Waals surface area contributed by atoms with E-state index < -0.39 is 0 Å². The molecule has 0 aromatic heterocycles. The van der Waals surface area contributed by atoms with Gasteiger partial charge in [-0.25, -0.2) is 10.0 Å². The Morgan fingerprint density at radius 1 is 0.720 bits per heavy atom. The van der Waals surface area contributed by atoms with Crippen LogP contribution in [0.2, 0.25) is 0 Å². The van der Waals surface area contributed by atoms with Crippen molar-refractivity contribution in [2.75, 3.05) is 65.4 Å². The van der Waals surface area contributed by atoms with Crippen LogP contribution in [0.5, 0.6) is 0 Å². The predicted molar refractivity (Wildman–Crippen MR) is 114 cm³/mol. The average Bonchev–Trinajstić information content (AvgIpc) is 2.56. The molecule has 2 rings (SSSR count). The zero-order chi connectivity index (χ0) is 17.9. The third-order valence-electron chi connectivity index (χ3n) is 4.14. The van der Waals surface area contributed by atoms with Crippen LogP contribution in [0.15, 0.2) is 0 Å². The molecule has 6 nitrogen and oxygen atoms in total. The van der Waals surface area contributed by atoms with Gasteiger partial charge in [0.05, 0.1) is 0 Å². The molecule has 0 aliphatic carbocycles. The van der Waals surface area contributed by atoms with Gasteiger partial charge < -0.3 is 70.3 Å². The average molecular weight is 472 g/mol. The fourth-order valence-corrected chi connectivity index (χ4v) is 3.13. The number of hydrazine groups is 2. The Balaban J connectivity index is 0.000000443. The Labute approximate surface area is 184 Å². The van der Waals surface area contributed by atoms with Crippen LogP contribution in [0.4, 0.5) is 0 Å². The van der Waals surface area contributed by atoms with Crippen molar-refractivity contribution in [2.24, 2.45) is 0 Å². The van der Waals surface area contributed by atoms with Crippen molar-refractivity contribution in [3.05, 3.63) is 0 Å². The maximum absolute atomic E-state index is 4.78. The second kappa shape index (κ2) is 14.6. The van der Waals surface area contributed by atoms with Crippen LogP contribution in [0.1, 0.15) is 13.8 Å². The minimum absolute atomic E-state index is 0. The van der Waals surface area contributed by atoms with Gasteiger partial charge in [0, 0.05) is 52.4 Å². The first-order chi connectivity index (χ1) is 11.4. The van der Waals surface area contributed by atoms with Crippen LogP contribution in [-0.2, 0) is 42.3 Å². The number of nitrogens with one attached hydrogen (secondary N) is 2. The van der Waals surface area contributed by atoms with E-state index in [9.17, 15) is 0 Å². The van der Waals surface area contributed by atoms with Gasteiger partial charge in [-0.2, -0.15) is 0 Å². The van der Waals surface area contributed by atoms with Gasteiger partial charge in [0.15, 0.2) is 0 Å². The maximum atomic E-state index is 4.78. The summed E-state index contributed by atoms with van der Waals surface area (Å²) in [6, 6.07) is 0. The van der Waals surface area contributed by atoms with Crippen LogP contribution >= 0.6 is 24.4 Å². The third kappa shape index (κ3) is 11.8. The quantitative estimate of drug-likeness (QED) is 0.330. The van der Waals surface area contributed by atoms with Crippen LogP contribution in [-0.4, -0.2) is 93.9 Å². The van der Waals surface area contributed by atoms with Crippen molar-refractivity contribution in [3.63, 3.8) is 0 Å². The molecule has 0 bridgehead atoms. The van der Waals surface area contributed by atoms with E-state index in [-0.39, 0.29) is 17.1 Å². The van der Waals surface area contributed by atoms with Gasteiger partial charge in [-0.3, -0.25) is 0 Å². The van der Waals surface area contributed by atoms with Gasteiger partial charge in [-0.15, -0.1) is 0 Å². The van der Waals surface area contributed by atoms with Gasteiger partial charge in [0.25, 0.3) is 0 Å². The Bertz CT molecular complexity index is 352. The van der Waals surface area contributed by atoms with E-state index in [1.807, 2.05) is 0 Å². The fourth-order valence-electron chi connectivity index (χ4n) is 2.61. The largest absolute Gasteiger partial charge is 2.00 e. The zero-order valence-corrected chi connectivity index (χ0v) is 19.0. The number of hydrogen-bond donors (Lipinski definition) is 2. The Kier molecular flexibility index (Phi) is 15.0. The summed E-state index contributed by atoms with van der Waals surface area (Å²) in [5, 5.41) is 4.17. The van der Waals surface area contributed by atoms with E-state index in [1.165, 1.54) is 0 Å². The number of thiocarbonyl (C=S) groups is 2. The minimum atomic E-state index is 0. The smallest absolute Gasteiger partial charge is 0.410 e. The summed E-state index contributed by atoms with van der Waals surface area (Å²) in [7, 11) is 0. The summed E-state index contributed by atoms with van der Waals surface area (Å²) < 4.78 is 0.889. The molecular weight excluding hydrogens is 444 g/mol. The molecule has 0 aromatic carbocycles. The van der Waals surface area contributed by atoms with Gasteiger partial charge in [0.1, 0.15) is 0 Å². The molecule has 0 aromatic rings. The molecule has 2 aliphatic rings. The number of hydrogen-bond acceptors (Lipinski definition) is 8. The monoisotopic (exact) mass is 471 g/mol. The third-order valence-corrected chi connectivity index (χ3v) is 4.50. The first-order valence-electron chi connectivity index (χ1n) is 8.34.